The Morgan fingerprint density at radius 2 is 1.07 bits per heavy atom. The van der Waals surface area contributed by atoms with Crippen molar-refractivity contribution >= 4 is 0 Å². The van der Waals surface area contributed by atoms with Crippen LogP contribution in [0.4, 0.5) is 0 Å². The quantitative estimate of drug-likeness (QED) is 0.604. The highest BCUT2D eigenvalue weighted by Gasteiger charge is 2.30. The van der Waals surface area contributed by atoms with Gasteiger partial charge in [-0.3, -0.25) is 0 Å². The molecule has 1 aliphatic heterocycles. The van der Waals surface area contributed by atoms with E-state index in [2.05, 4.69) is 65.7 Å². The van der Waals surface area contributed by atoms with E-state index >= 15 is 0 Å². The predicted molar refractivity (Wildman–Crippen MR) is 119 cm³/mol. The number of aliphatic hydroxyl groups is 1. The van der Waals surface area contributed by atoms with Crippen LogP contribution in [0.5, 0.6) is 0 Å². The van der Waals surface area contributed by atoms with Crippen LogP contribution in [0.2, 0.25) is 0 Å². The molecule has 0 aliphatic carbocycles. The van der Waals surface area contributed by atoms with Crippen molar-refractivity contribution in [1.29, 1.82) is 0 Å². The lowest BCUT2D eigenvalue weighted by molar-refractivity contribution is 0.0848. The summed E-state index contributed by atoms with van der Waals surface area (Å²) in [4.78, 5) is 2.25. The number of hydrogen-bond donors (Lipinski definition) is 1. The number of hydrogen-bond acceptors (Lipinski definition) is 2. The van der Waals surface area contributed by atoms with Crippen molar-refractivity contribution < 1.29 is 5.11 Å². The Bertz CT molecular complexity index is 937. The Labute approximate surface area is 172 Å². The van der Waals surface area contributed by atoms with E-state index in [0.717, 1.165) is 5.56 Å². The largest absolute Gasteiger partial charge is 0.386 e. The van der Waals surface area contributed by atoms with E-state index in [0.29, 0.717) is 0 Å². The van der Waals surface area contributed by atoms with Crippen LogP contribution in [0.1, 0.15) is 28.8 Å². The van der Waals surface area contributed by atoms with E-state index in [9.17, 15) is 5.11 Å². The van der Waals surface area contributed by atoms with Gasteiger partial charge in [0.1, 0.15) is 6.10 Å². The molecule has 0 spiro atoms. The van der Waals surface area contributed by atoms with Crippen molar-refractivity contribution in [3.63, 3.8) is 0 Å². The summed E-state index contributed by atoms with van der Waals surface area (Å²) in [5, 5.41) is 11.3. The maximum Gasteiger partial charge on any atom is 0.103 e. The zero-order valence-corrected chi connectivity index (χ0v) is 16.3. The fraction of sp³-hybridized carbons (Fsp3) is 0.111. The molecule has 3 aromatic carbocycles. The maximum absolute atomic E-state index is 11.3. The Kier molecular flexibility index (Phi) is 6.04. The summed E-state index contributed by atoms with van der Waals surface area (Å²) in [6.07, 6.45) is 11.6. The van der Waals surface area contributed by atoms with Gasteiger partial charge in [0.15, 0.2) is 0 Å². The molecule has 0 aromatic heterocycles. The van der Waals surface area contributed by atoms with Crippen LogP contribution in [-0.4, -0.2) is 16.0 Å². The van der Waals surface area contributed by atoms with Crippen LogP contribution in [-0.2, 0) is 0 Å². The van der Waals surface area contributed by atoms with Crippen molar-refractivity contribution in [3.8, 4) is 0 Å². The molecular formula is C27H25NO. The first-order valence-corrected chi connectivity index (χ1v) is 9.96. The molecule has 0 bridgehead atoms. The van der Waals surface area contributed by atoms with E-state index < -0.39 is 6.10 Å². The van der Waals surface area contributed by atoms with Gasteiger partial charge in [-0.25, -0.2) is 0 Å². The molecule has 0 radical (unpaired) electrons. The highest BCUT2D eigenvalue weighted by atomic mass is 16.3. The molecule has 1 aliphatic rings. The summed E-state index contributed by atoms with van der Waals surface area (Å²) in [6.45, 7) is 0. The molecule has 1 N–H and O–H groups in total. The fourth-order valence-corrected chi connectivity index (χ4v) is 3.84. The summed E-state index contributed by atoms with van der Waals surface area (Å²) >= 11 is 0. The van der Waals surface area contributed by atoms with Crippen LogP contribution < -0.4 is 0 Å². The zero-order chi connectivity index (χ0) is 19.9. The van der Waals surface area contributed by atoms with E-state index in [4.69, 9.17) is 0 Å². The topological polar surface area (TPSA) is 23.5 Å². The number of benzene rings is 3. The molecule has 0 fully saturated rings. The van der Waals surface area contributed by atoms with E-state index in [1.165, 1.54) is 11.1 Å². The molecule has 2 unspecified atom stereocenters. The molecule has 144 valence electrons. The van der Waals surface area contributed by atoms with E-state index in [-0.39, 0.29) is 12.1 Å². The normalized spacial score (nSPS) is 17.2. The summed E-state index contributed by atoms with van der Waals surface area (Å²) in [7, 11) is 0. The van der Waals surface area contributed by atoms with Crippen molar-refractivity contribution in [1.82, 2.24) is 4.90 Å². The molecule has 1 heterocycles. The van der Waals surface area contributed by atoms with Gasteiger partial charge < -0.3 is 10.0 Å². The third-order valence-electron chi connectivity index (χ3n) is 5.24. The number of aliphatic hydroxyl groups excluding tert-OH is 1. The van der Waals surface area contributed by atoms with Gasteiger partial charge >= 0.3 is 0 Å². The molecule has 2 atom stereocenters. The summed E-state index contributed by atoms with van der Waals surface area (Å²) in [5.74, 6) is 0. The first-order chi connectivity index (χ1) is 14.3. The minimum absolute atomic E-state index is 0.0202. The van der Waals surface area contributed by atoms with Gasteiger partial charge in [-0.05, 0) is 22.8 Å². The van der Waals surface area contributed by atoms with Gasteiger partial charge in [-0.2, -0.15) is 0 Å². The fourth-order valence-electron chi connectivity index (χ4n) is 3.84. The van der Waals surface area contributed by atoms with Gasteiger partial charge in [0.05, 0.1) is 12.1 Å². The number of allylic oxidation sites excluding steroid dienone is 4. The molecule has 0 saturated carbocycles. The minimum Gasteiger partial charge on any atom is -0.386 e. The van der Waals surface area contributed by atoms with Gasteiger partial charge in [0.2, 0.25) is 0 Å². The molecular weight excluding hydrogens is 354 g/mol. The first kappa shape index (κ1) is 19.0. The Balaban J connectivity index is 1.82. The predicted octanol–water partition coefficient (Wildman–Crippen LogP) is 5.82. The summed E-state index contributed by atoms with van der Waals surface area (Å²) < 4.78 is 0. The van der Waals surface area contributed by atoms with E-state index in [1.54, 1.807) is 0 Å². The Morgan fingerprint density at radius 3 is 1.62 bits per heavy atom. The Morgan fingerprint density at radius 1 is 0.586 bits per heavy atom. The molecule has 2 heteroatoms. The van der Waals surface area contributed by atoms with Crippen LogP contribution in [0.25, 0.3) is 0 Å². The standard InChI is InChI=1S/C27H25NO/c29-27(24-18-10-5-11-19-24)25-20-12-1-2-13-21-28(25)26(22-14-6-3-7-15-22)23-16-8-4-9-17-23/h1-21,25-27,29H. The second-order valence-electron chi connectivity index (χ2n) is 7.13. The summed E-state index contributed by atoms with van der Waals surface area (Å²) in [6, 6.07) is 30.6. The first-order valence-electron chi connectivity index (χ1n) is 9.96. The lowest BCUT2D eigenvalue weighted by Gasteiger charge is -2.39. The molecule has 0 saturated heterocycles. The van der Waals surface area contributed by atoms with Gasteiger partial charge in [0, 0.05) is 6.20 Å². The van der Waals surface area contributed by atoms with Crippen molar-refractivity contribution in [2.24, 2.45) is 0 Å². The van der Waals surface area contributed by atoms with Gasteiger partial charge in [-0.1, -0.05) is 115 Å². The molecule has 2 nitrogen and oxygen atoms in total. The van der Waals surface area contributed by atoms with E-state index in [1.807, 2.05) is 66.8 Å². The Hall–Kier alpha value is -3.36. The average molecular weight is 380 g/mol. The third-order valence-corrected chi connectivity index (χ3v) is 5.24. The van der Waals surface area contributed by atoms with Crippen LogP contribution in [0.3, 0.4) is 0 Å². The van der Waals surface area contributed by atoms with Crippen molar-refractivity contribution in [2.75, 3.05) is 0 Å². The highest BCUT2D eigenvalue weighted by molar-refractivity contribution is 5.35. The highest BCUT2D eigenvalue weighted by Crippen LogP contribution is 2.35. The third kappa shape index (κ3) is 4.39. The second-order valence-corrected chi connectivity index (χ2v) is 7.13. The van der Waals surface area contributed by atoms with Crippen LogP contribution in [0.15, 0.2) is 128 Å². The minimum atomic E-state index is -0.654. The van der Waals surface area contributed by atoms with Crippen molar-refractivity contribution in [2.45, 2.75) is 18.2 Å². The lowest BCUT2D eigenvalue weighted by atomic mass is 9.92. The summed E-state index contributed by atoms with van der Waals surface area (Å²) in [5.41, 5.74) is 3.28. The molecule has 3 aromatic rings. The number of rotatable bonds is 5. The van der Waals surface area contributed by atoms with Crippen LogP contribution in [0, 0.1) is 0 Å². The average Bonchev–Trinajstić information content (AvgIpc) is 2.77. The zero-order valence-electron chi connectivity index (χ0n) is 16.3. The van der Waals surface area contributed by atoms with Crippen molar-refractivity contribution in [3.05, 3.63) is 144 Å². The SMILES string of the molecule is OC(c1ccccc1)C1C=CC=CC=CN1C(c1ccccc1)c1ccccc1. The van der Waals surface area contributed by atoms with Gasteiger partial charge in [0.25, 0.3) is 0 Å². The molecule has 4 rings (SSSR count). The maximum atomic E-state index is 11.3. The monoisotopic (exact) mass is 379 g/mol. The second kappa shape index (κ2) is 9.22. The number of nitrogens with zero attached hydrogens (tertiary/aromatic N) is 1. The van der Waals surface area contributed by atoms with Gasteiger partial charge in [-0.15, -0.1) is 0 Å². The van der Waals surface area contributed by atoms with Crippen LogP contribution >= 0.6 is 0 Å². The molecule has 0 amide bonds. The molecule has 29 heavy (non-hydrogen) atoms. The lowest BCUT2D eigenvalue weighted by Crippen LogP contribution is -2.38. The smallest absolute Gasteiger partial charge is 0.103 e.